The summed E-state index contributed by atoms with van der Waals surface area (Å²) in [5, 5.41) is 27.3. The first-order valence-corrected chi connectivity index (χ1v) is 37.0. The first-order valence-electron chi connectivity index (χ1n) is 37.0. The van der Waals surface area contributed by atoms with Gasteiger partial charge in [-0.3, -0.25) is 77.5 Å². The van der Waals surface area contributed by atoms with Gasteiger partial charge < -0.3 is 115 Å². The number of hydrogen-bond donors (Lipinski definition) is 20. The summed E-state index contributed by atoms with van der Waals surface area (Å²) in [7, 11) is 0. The van der Waals surface area contributed by atoms with Gasteiger partial charge in [-0.05, 0) is 126 Å². The molecular formula is C73H115N25O12. The van der Waals surface area contributed by atoms with Crippen LogP contribution in [0.25, 0.3) is 0 Å². The highest BCUT2D eigenvalue weighted by molar-refractivity contribution is 5.99. The van der Waals surface area contributed by atoms with E-state index >= 15 is 0 Å². The smallest absolute Gasteiger partial charge is 0.245 e. The lowest BCUT2D eigenvalue weighted by Crippen LogP contribution is -2.61. The van der Waals surface area contributed by atoms with Crippen molar-refractivity contribution in [3.8, 4) is 0 Å². The Bertz CT molecular complexity index is 3610. The first kappa shape index (κ1) is 90.7. The predicted molar refractivity (Wildman–Crippen MR) is 417 cm³/mol. The van der Waals surface area contributed by atoms with Crippen LogP contribution < -0.4 is 111 Å². The number of primary amides is 1. The molecule has 0 radical (unpaired) electrons. The minimum atomic E-state index is -1.48. The van der Waals surface area contributed by atoms with E-state index in [1.807, 2.05) is 0 Å². The Hall–Kier alpha value is -11.7. The number of amides is 12. The Balaban J connectivity index is 1.66. The molecule has 3 aromatic rings. The van der Waals surface area contributed by atoms with E-state index in [2.05, 4.69) is 73.1 Å². The van der Waals surface area contributed by atoms with Crippen molar-refractivity contribution >= 4 is 94.7 Å². The highest BCUT2D eigenvalue weighted by Crippen LogP contribution is 2.21. The predicted octanol–water partition coefficient (Wildman–Crippen LogP) is -4.53. The van der Waals surface area contributed by atoms with Gasteiger partial charge in [0.1, 0.15) is 66.5 Å². The van der Waals surface area contributed by atoms with Crippen molar-refractivity contribution in [2.45, 2.75) is 203 Å². The number of nitrogens with zero attached hydrogens (tertiary/aromatic N) is 5. The van der Waals surface area contributed by atoms with E-state index in [4.69, 9.17) is 57.3 Å². The Morgan fingerprint density at radius 1 is 0.391 bits per heavy atom. The zero-order valence-electron chi connectivity index (χ0n) is 63.3. The summed E-state index contributed by atoms with van der Waals surface area (Å²) >= 11 is 0. The van der Waals surface area contributed by atoms with Crippen LogP contribution in [0.1, 0.15) is 134 Å². The van der Waals surface area contributed by atoms with E-state index in [9.17, 15) is 57.5 Å². The van der Waals surface area contributed by atoms with Gasteiger partial charge in [0.25, 0.3) is 0 Å². The highest BCUT2D eigenvalue weighted by Gasteiger charge is 2.40. The topological polar surface area (TPSA) is 638 Å². The lowest BCUT2D eigenvalue weighted by Gasteiger charge is -2.30. The maximum atomic E-state index is 15.0. The first-order chi connectivity index (χ1) is 52.3. The standard InChI is InChI=1S/C73H115N25O12/c1-43(2)39-54(95-63(104)52(30-18-36-86-72(80)81)93-66(107)56(41-47-23-10-6-11-24-47)97-67(108)57(42-48-25-12-7-13-26-48)96-65(106)55(89-45(4)99)40-46-21-8-5-9-22-46)64(105)92-51(29-17-35-85-71(78)79)62(103)91-50(28-16-34-84-70(76)77)61(102)88-44(3)60(101)94-53(31-19-37-87-73(82)83)69(110)98-38-20-32-58(98)68(109)90-49(59(75)100)27-14-15-33-74/h5-13,21-26,43-44,49-58H,14-20,27-42,74H2,1-4H3,(H2,75,100)(H,88,102)(H,89,99)(H,90,109)(H,91,103)(H,92,105)(H,93,107)(H,94,101)(H,95,104)(H,96,106)(H,97,108)(H4,76,77,84)(H4,78,79,85)(H4,80,81,86)(H4,82,83,87)/t44-,49+,50+,51+,52+,53+,54+,55-,56+,57+,58+/m1/s1. The number of aliphatic imine (C=N–C) groups is 4. The fourth-order valence-corrected chi connectivity index (χ4v) is 12.1. The number of carbonyl (C=O) groups is 12. The van der Waals surface area contributed by atoms with Crippen molar-refractivity contribution in [3.63, 3.8) is 0 Å². The van der Waals surface area contributed by atoms with Crippen molar-refractivity contribution in [2.75, 3.05) is 39.3 Å². The minimum Gasteiger partial charge on any atom is -0.370 e. The number of nitrogens with two attached hydrogens (primary N) is 10. The van der Waals surface area contributed by atoms with Gasteiger partial charge in [-0.1, -0.05) is 105 Å². The molecule has 1 heterocycles. The molecule has 30 N–H and O–H groups in total. The molecule has 110 heavy (non-hydrogen) atoms. The van der Waals surface area contributed by atoms with Crippen LogP contribution in [0, 0.1) is 5.92 Å². The zero-order chi connectivity index (χ0) is 81.2. The maximum absolute atomic E-state index is 15.0. The largest absolute Gasteiger partial charge is 0.370 e. The second kappa shape index (κ2) is 48.6. The molecule has 11 atom stereocenters. The van der Waals surface area contributed by atoms with Crippen LogP contribution in [0.5, 0.6) is 0 Å². The minimum absolute atomic E-state index is 0.00528. The van der Waals surface area contributed by atoms with Gasteiger partial charge >= 0.3 is 0 Å². The molecule has 3 aromatic carbocycles. The van der Waals surface area contributed by atoms with E-state index < -0.39 is 137 Å². The Labute approximate surface area is 641 Å². The second-order valence-corrected chi connectivity index (χ2v) is 27.3. The lowest BCUT2D eigenvalue weighted by molar-refractivity contribution is -0.142. The molecule has 37 nitrogen and oxygen atoms in total. The van der Waals surface area contributed by atoms with Crippen LogP contribution in [0.15, 0.2) is 111 Å². The molecule has 4 rings (SSSR count). The Morgan fingerprint density at radius 2 is 0.718 bits per heavy atom. The fourth-order valence-electron chi connectivity index (χ4n) is 12.1. The molecule has 0 saturated carbocycles. The summed E-state index contributed by atoms with van der Waals surface area (Å²) in [5.74, 6) is -10.5. The molecule has 0 unspecified atom stereocenters. The van der Waals surface area contributed by atoms with Gasteiger partial charge in [0, 0.05) is 58.9 Å². The van der Waals surface area contributed by atoms with Crippen LogP contribution in [-0.2, 0) is 76.8 Å². The monoisotopic (exact) mass is 1530 g/mol. The van der Waals surface area contributed by atoms with E-state index in [1.165, 1.54) is 18.7 Å². The summed E-state index contributed by atoms with van der Waals surface area (Å²) in [6.07, 6.45) is 1.77. The third kappa shape index (κ3) is 34.5. The van der Waals surface area contributed by atoms with E-state index in [0.717, 1.165) is 5.56 Å². The molecule has 604 valence electrons. The van der Waals surface area contributed by atoms with Crippen molar-refractivity contribution in [1.29, 1.82) is 0 Å². The molecule has 0 spiro atoms. The number of unbranched alkanes of at least 4 members (excludes halogenated alkanes) is 1. The Morgan fingerprint density at radius 3 is 1.08 bits per heavy atom. The zero-order valence-corrected chi connectivity index (χ0v) is 63.3. The quantitative estimate of drug-likeness (QED) is 0.0144. The van der Waals surface area contributed by atoms with Crippen LogP contribution in [-0.4, -0.2) is 205 Å². The molecule has 0 aliphatic carbocycles. The van der Waals surface area contributed by atoms with Crippen molar-refractivity contribution in [2.24, 2.45) is 83.2 Å². The number of carbonyl (C=O) groups excluding carboxylic acids is 12. The molecule has 1 aliphatic rings. The SMILES string of the molecule is CC(=O)N[C@H](Cc1ccccc1)C(=O)N[C@@H](Cc1ccccc1)C(=O)N[C@@H](Cc1ccccc1)C(=O)N[C@@H](CCCN=C(N)N)C(=O)N[C@@H](CC(C)C)C(=O)N[C@@H](CCCN=C(N)N)C(=O)N[C@@H](CCCN=C(N)N)C(=O)N[C@H](C)C(=O)N[C@@H](CCCN=C(N)N)C(=O)N1CCC[C@H]1C(=O)N[C@@H](CCCCN)C(N)=O. The van der Waals surface area contributed by atoms with Crippen LogP contribution in [0.2, 0.25) is 0 Å². The van der Waals surface area contributed by atoms with Crippen molar-refractivity contribution < 1.29 is 57.5 Å². The summed E-state index contributed by atoms with van der Waals surface area (Å²) in [4.78, 5) is 188. The molecule has 37 heteroatoms. The van der Waals surface area contributed by atoms with E-state index in [0.29, 0.717) is 36.9 Å². The normalized spacial score (nSPS) is 15.0. The molecule has 1 aliphatic heterocycles. The molecule has 1 saturated heterocycles. The van der Waals surface area contributed by atoms with Gasteiger partial charge in [0.2, 0.25) is 70.9 Å². The van der Waals surface area contributed by atoms with Crippen LogP contribution >= 0.6 is 0 Å². The van der Waals surface area contributed by atoms with Gasteiger partial charge in [0.15, 0.2) is 23.8 Å². The highest BCUT2D eigenvalue weighted by atomic mass is 16.2. The van der Waals surface area contributed by atoms with Gasteiger partial charge in [-0.25, -0.2) is 0 Å². The third-order valence-corrected chi connectivity index (χ3v) is 17.6. The average Bonchev–Trinajstić information content (AvgIpc) is 1.62. The molecule has 0 bridgehead atoms. The molecule has 0 aromatic heterocycles. The third-order valence-electron chi connectivity index (χ3n) is 17.6. The summed E-state index contributed by atoms with van der Waals surface area (Å²) in [6.45, 7) is 6.63. The van der Waals surface area contributed by atoms with Crippen molar-refractivity contribution in [1.82, 2.24) is 58.1 Å². The maximum Gasteiger partial charge on any atom is 0.245 e. The molecule has 12 amide bonds. The van der Waals surface area contributed by atoms with Crippen molar-refractivity contribution in [3.05, 3.63) is 108 Å². The summed E-state index contributed by atoms with van der Waals surface area (Å²) in [5.41, 5.74) is 58.2. The number of guanidine groups is 4. The number of hydrogen-bond acceptors (Lipinski definition) is 17. The van der Waals surface area contributed by atoms with Crippen LogP contribution in [0.3, 0.4) is 0 Å². The number of rotatable bonds is 49. The molecular weight excluding hydrogens is 1420 g/mol. The fraction of sp³-hybridized carbons (Fsp3) is 0.534. The average molecular weight is 1530 g/mol. The van der Waals surface area contributed by atoms with Gasteiger partial charge in [-0.2, -0.15) is 0 Å². The molecule has 1 fully saturated rings. The van der Waals surface area contributed by atoms with E-state index in [-0.39, 0.29) is 152 Å². The van der Waals surface area contributed by atoms with Gasteiger partial charge in [-0.15, -0.1) is 0 Å². The number of likely N-dealkylation sites (tertiary alicyclic amines) is 1. The lowest BCUT2D eigenvalue weighted by atomic mass is 10.00. The Kier molecular flexibility index (Phi) is 40.1. The second-order valence-electron chi connectivity index (χ2n) is 27.3. The van der Waals surface area contributed by atoms with Gasteiger partial charge in [0.05, 0.1) is 0 Å². The number of nitrogens with one attached hydrogen (secondary N) is 10. The van der Waals surface area contributed by atoms with Crippen LogP contribution in [0.4, 0.5) is 0 Å². The van der Waals surface area contributed by atoms with E-state index in [1.54, 1.807) is 105 Å². The number of benzene rings is 3. The summed E-state index contributed by atoms with van der Waals surface area (Å²) < 4.78 is 0. The summed E-state index contributed by atoms with van der Waals surface area (Å²) in [6, 6.07) is 12.0.